The van der Waals surface area contributed by atoms with Gasteiger partial charge in [-0.2, -0.15) is 0 Å². The van der Waals surface area contributed by atoms with Crippen molar-refractivity contribution in [1.29, 1.82) is 0 Å². The van der Waals surface area contributed by atoms with Crippen molar-refractivity contribution in [1.82, 2.24) is 15.0 Å². The van der Waals surface area contributed by atoms with Gasteiger partial charge in [0.05, 0.1) is 31.6 Å². The normalized spacial score (nSPS) is 11.7. The maximum Gasteiger partial charge on any atom is 0.125 e. The Morgan fingerprint density at radius 2 is 0.741 bits per heavy atom. The number of fused-ring (bicyclic) bond motifs is 5. The monoisotopic (exact) mass is 723 g/mol. The molecule has 11 aromatic rings. The number of hydrogen-bond donors (Lipinski definition) is 0. The predicted octanol–water partition coefficient (Wildman–Crippen LogP) is 14.1. The van der Waals surface area contributed by atoms with E-state index in [0.717, 1.165) is 65.5 Å². The fraction of sp³-hybridized carbons (Fsp3) is 0. The fourth-order valence-corrected chi connectivity index (χ4v) is 9.77. The summed E-state index contributed by atoms with van der Waals surface area (Å²) in [7, 11) is 0. The van der Waals surface area contributed by atoms with Gasteiger partial charge in [0.1, 0.15) is 10.0 Å². The molecule has 8 aromatic carbocycles. The molecule has 0 aliphatic carbocycles. The van der Waals surface area contributed by atoms with Crippen LogP contribution in [0, 0.1) is 0 Å². The van der Waals surface area contributed by atoms with Crippen LogP contribution in [-0.4, -0.2) is 15.0 Å². The Morgan fingerprint density at radius 1 is 0.315 bits per heavy atom. The van der Waals surface area contributed by atoms with Crippen LogP contribution < -0.4 is 0 Å². The number of rotatable bonds is 5. The minimum absolute atomic E-state index is 0.947. The molecule has 3 nitrogen and oxygen atoms in total. The van der Waals surface area contributed by atoms with Gasteiger partial charge in [-0.05, 0) is 98.4 Å². The summed E-state index contributed by atoms with van der Waals surface area (Å²) >= 11 is 3.49. The average Bonchev–Trinajstić information content (AvgIpc) is 3.87. The molecule has 0 atom stereocenters. The Bertz CT molecular complexity index is 3000. The minimum Gasteiger partial charge on any atom is -0.248 e. The van der Waals surface area contributed by atoms with Crippen molar-refractivity contribution in [3.63, 3.8) is 0 Å². The van der Waals surface area contributed by atoms with Crippen molar-refractivity contribution >= 4 is 75.6 Å². The van der Waals surface area contributed by atoms with Gasteiger partial charge in [-0.1, -0.05) is 121 Å². The van der Waals surface area contributed by atoms with E-state index in [9.17, 15) is 0 Å². The molecule has 0 bridgehead atoms. The number of para-hydroxylation sites is 3. The molecule has 3 heterocycles. The molecule has 0 fully saturated rings. The van der Waals surface area contributed by atoms with Gasteiger partial charge in [0.15, 0.2) is 0 Å². The first-order chi connectivity index (χ1) is 26.7. The lowest BCUT2D eigenvalue weighted by Crippen LogP contribution is -1.92. The molecular weight excluding hydrogens is 695 g/mol. The third-order valence-electron chi connectivity index (χ3n) is 10.3. The van der Waals surface area contributed by atoms with E-state index in [1.807, 2.05) is 0 Å². The van der Waals surface area contributed by atoms with Crippen LogP contribution in [0.2, 0.25) is 0 Å². The lowest BCUT2D eigenvalue weighted by molar-refractivity contribution is 1.40. The van der Waals surface area contributed by atoms with E-state index in [1.165, 1.54) is 42.1 Å². The average molecular weight is 724 g/mol. The molecule has 252 valence electrons. The molecule has 0 saturated carbocycles. The molecule has 11 rings (SSSR count). The van der Waals surface area contributed by atoms with Crippen LogP contribution in [0.25, 0.3) is 108 Å². The van der Waals surface area contributed by atoms with E-state index < -0.39 is 0 Å². The summed E-state index contributed by atoms with van der Waals surface area (Å²) in [5, 5.41) is 7.97. The van der Waals surface area contributed by atoms with E-state index in [4.69, 9.17) is 15.0 Å². The zero-order valence-corrected chi connectivity index (χ0v) is 30.5. The number of benzene rings is 8. The van der Waals surface area contributed by atoms with Crippen molar-refractivity contribution in [3.8, 4) is 54.7 Å². The topological polar surface area (TPSA) is 38.7 Å². The lowest BCUT2D eigenvalue weighted by atomic mass is 9.89. The highest BCUT2D eigenvalue weighted by Crippen LogP contribution is 2.43. The van der Waals surface area contributed by atoms with Crippen molar-refractivity contribution in [3.05, 3.63) is 176 Å². The van der Waals surface area contributed by atoms with Crippen LogP contribution in [0.15, 0.2) is 176 Å². The highest BCUT2D eigenvalue weighted by molar-refractivity contribution is 7.22. The molecular formula is C49H29N3S2. The first-order valence-corrected chi connectivity index (χ1v) is 19.6. The van der Waals surface area contributed by atoms with E-state index in [2.05, 4.69) is 176 Å². The Hall–Kier alpha value is -6.53. The van der Waals surface area contributed by atoms with E-state index in [0.29, 0.717) is 0 Å². The maximum absolute atomic E-state index is 5.17. The molecule has 0 unspecified atom stereocenters. The minimum atomic E-state index is 0.947. The number of aromatic nitrogens is 3. The summed E-state index contributed by atoms with van der Waals surface area (Å²) in [6.07, 6.45) is 0. The van der Waals surface area contributed by atoms with Crippen molar-refractivity contribution in [2.45, 2.75) is 0 Å². The summed E-state index contributed by atoms with van der Waals surface area (Å²) in [6.45, 7) is 0. The van der Waals surface area contributed by atoms with Gasteiger partial charge in [0, 0.05) is 22.1 Å². The van der Waals surface area contributed by atoms with Crippen LogP contribution in [0.4, 0.5) is 0 Å². The summed E-state index contributed by atoms with van der Waals surface area (Å²) < 4.78 is 2.39. The second-order valence-corrected chi connectivity index (χ2v) is 15.6. The third kappa shape index (κ3) is 5.20. The van der Waals surface area contributed by atoms with Gasteiger partial charge in [-0.3, -0.25) is 0 Å². The van der Waals surface area contributed by atoms with Crippen LogP contribution in [-0.2, 0) is 0 Å². The maximum atomic E-state index is 5.17. The molecule has 0 saturated heterocycles. The second-order valence-electron chi connectivity index (χ2n) is 13.6. The molecule has 0 aliphatic rings. The van der Waals surface area contributed by atoms with Crippen LogP contribution in [0.5, 0.6) is 0 Å². The highest BCUT2D eigenvalue weighted by Gasteiger charge is 2.18. The zero-order chi connectivity index (χ0) is 35.6. The first-order valence-electron chi connectivity index (χ1n) is 18.0. The predicted molar refractivity (Wildman–Crippen MR) is 230 cm³/mol. The Kier molecular flexibility index (Phi) is 7.22. The van der Waals surface area contributed by atoms with Crippen molar-refractivity contribution < 1.29 is 0 Å². The van der Waals surface area contributed by atoms with Gasteiger partial charge in [-0.15, -0.1) is 22.7 Å². The van der Waals surface area contributed by atoms with Crippen LogP contribution in [0.3, 0.4) is 0 Å². The summed E-state index contributed by atoms with van der Waals surface area (Å²) in [6, 6.07) is 62.9. The Labute approximate surface area is 319 Å². The molecule has 0 spiro atoms. The molecule has 0 radical (unpaired) electrons. The quantitative estimate of drug-likeness (QED) is 0.177. The smallest absolute Gasteiger partial charge is 0.125 e. The number of thiazole rings is 2. The molecule has 0 aliphatic heterocycles. The van der Waals surface area contributed by atoms with Gasteiger partial charge in [0.25, 0.3) is 0 Å². The van der Waals surface area contributed by atoms with Gasteiger partial charge in [-0.25, -0.2) is 15.0 Å². The Balaban J connectivity index is 1.13. The first kappa shape index (κ1) is 31.0. The van der Waals surface area contributed by atoms with Crippen LogP contribution in [0.1, 0.15) is 0 Å². The molecule has 0 amide bonds. The molecule has 54 heavy (non-hydrogen) atoms. The zero-order valence-electron chi connectivity index (χ0n) is 28.9. The SMILES string of the molecule is c1ccc2nc(-c3cc(-c4ccc(-c5nc6ccccc6s5)c5ccccc45)cc(-c4ccc(-c5nc6ccccc6s5)c5ccccc45)c3)ccc2c1. The van der Waals surface area contributed by atoms with Gasteiger partial charge >= 0.3 is 0 Å². The van der Waals surface area contributed by atoms with Crippen LogP contribution >= 0.6 is 22.7 Å². The Morgan fingerprint density at radius 3 is 1.28 bits per heavy atom. The standard InChI is InChI=1S/C49H29N3S2/c1-6-16-42-30(11-1)21-26-43(50-42)33-28-31(34-22-24-40(38-14-4-2-12-36(34)38)48-51-44-17-7-9-19-46(44)53-48)27-32(29-33)35-23-25-41(39-15-5-3-13-37(35)39)49-52-45-18-8-10-20-47(45)54-49/h1-29H. The number of pyridine rings is 1. The number of hydrogen-bond acceptors (Lipinski definition) is 5. The summed E-state index contributed by atoms with van der Waals surface area (Å²) in [4.78, 5) is 15.3. The fourth-order valence-electron chi connectivity index (χ4n) is 7.76. The number of nitrogens with zero attached hydrogens (tertiary/aromatic N) is 3. The molecule has 5 heteroatoms. The van der Waals surface area contributed by atoms with E-state index in [1.54, 1.807) is 22.7 Å². The third-order valence-corrected chi connectivity index (χ3v) is 12.5. The molecule has 0 N–H and O–H groups in total. The van der Waals surface area contributed by atoms with E-state index >= 15 is 0 Å². The lowest BCUT2D eigenvalue weighted by Gasteiger charge is -2.16. The van der Waals surface area contributed by atoms with Crippen molar-refractivity contribution in [2.24, 2.45) is 0 Å². The second kappa shape index (κ2) is 12.6. The van der Waals surface area contributed by atoms with Crippen molar-refractivity contribution in [2.75, 3.05) is 0 Å². The van der Waals surface area contributed by atoms with Gasteiger partial charge < -0.3 is 0 Å². The summed E-state index contributed by atoms with van der Waals surface area (Å²) in [5.41, 5.74) is 12.0. The molecule has 3 aromatic heterocycles. The largest absolute Gasteiger partial charge is 0.248 e. The summed E-state index contributed by atoms with van der Waals surface area (Å²) in [5.74, 6) is 0. The highest BCUT2D eigenvalue weighted by atomic mass is 32.1. The van der Waals surface area contributed by atoms with E-state index in [-0.39, 0.29) is 0 Å². The van der Waals surface area contributed by atoms with Gasteiger partial charge in [0.2, 0.25) is 0 Å².